The number of piperidine rings is 1. The van der Waals surface area contributed by atoms with E-state index in [4.69, 9.17) is 4.74 Å². The van der Waals surface area contributed by atoms with Gasteiger partial charge in [0.05, 0.1) is 13.4 Å². The van der Waals surface area contributed by atoms with E-state index >= 15 is 0 Å². The lowest BCUT2D eigenvalue weighted by Crippen LogP contribution is -2.37. The molecule has 1 saturated heterocycles. The van der Waals surface area contributed by atoms with Gasteiger partial charge in [-0.1, -0.05) is 6.07 Å². The maximum atomic E-state index is 13.2. The fourth-order valence-corrected chi connectivity index (χ4v) is 5.48. The maximum absolute atomic E-state index is 13.2. The molecule has 1 fully saturated rings. The number of anilines is 1. The molecule has 3 heterocycles. The van der Waals surface area contributed by atoms with E-state index in [1.54, 1.807) is 31.4 Å². The van der Waals surface area contributed by atoms with E-state index in [9.17, 15) is 18.0 Å². The first-order valence-corrected chi connectivity index (χ1v) is 13.1. The minimum absolute atomic E-state index is 0.0968. The number of hydrogen-bond acceptors (Lipinski definition) is 7. The predicted molar refractivity (Wildman–Crippen MR) is 126 cm³/mol. The van der Waals surface area contributed by atoms with Crippen LogP contribution in [0.2, 0.25) is 0 Å². The van der Waals surface area contributed by atoms with Crippen molar-refractivity contribution < 1.29 is 17.9 Å². The van der Waals surface area contributed by atoms with Crippen molar-refractivity contribution in [1.82, 2.24) is 18.7 Å². The molecule has 1 aliphatic rings. The molecule has 0 atom stereocenters. The average Bonchev–Trinajstić information content (AvgIpc) is 3.41. The van der Waals surface area contributed by atoms with E-state index in [1.807, 2.05) is 17.5 Å². The summed E-state index contributed by atoms with van der Waals surface area (Å²) in [4.78, 5) is 25.8. The van der Waals surface area contributed by atoms with Crippen LogP contribution in [0.5, 0.6) is 5.75 Å². The molecule has 0 spiro atoms. The molecule has 1 aromatic carbocycles. The van der Waals surface area contributed by atoms with Gasteiger partial charge in [-0.15, -0.1) is 11.3 Å². The van der Waals surface area contributed by atoms with E-state index in [0.29, 0.717) is 48.2 Å². The highest BCUT2D eigenvalue weighted by molar-refractivity contribution is 7.88. The lowest BCUT2D eigenvalue weighted by Gasteiger charge is -2.29. The van der Waals surface area contributed by atoms with Crippen molar-refractivity contribution in [1.29, 1.82) is 0 Å². The third-order valence-corrected chi connectivity index (χ3v) is 7.68. The van der Waals surface area contributed by atoms with Crippen LogP contribution in [0, 0.1) is 0 Å². The fourth-order valence-electron chi connectivity index (χ4n) is 3.88. The van der Waals surface area contributed by atoms with Crippen molar-refractivity contribution in [2.24, 2.45) is 0 Å². The topological polar surface area (TPSA) is 116 Å². The van der Waals surface area contributed by atoms with Gasteiger partial charge in [-0.05, 0) is 42.5 Å². The number of nitrogens with zero attached hydrogens (tertiary/aromatic N) is 4. The summed E-state index contributed by atoms with van der Waals surface area (Å²) in [6.07, 6.45) is 2.29. The molecule has 0 unspecified atom stereocenters. The number of sulfonamides is 1. The van der Waals surface area contributed by atoms with Crippen LogP contribution >= 0.6 is 11.3 Å². The average molecular weight is 492 g/mol. The van der Waals surface area contributed by atoms with Gasteiger partial charge in [0.2, 0.25) is 15.9 Å². The summed E-state index contributed by atoms with van der Waals surface area (Å²) < 4.78 is 33.0. The molecule has 4 rings (SSSR count). The first-order valence-electron chi connectivity index (χ1n) is 10.4. The summed E-state index contributed by atoms with van der Waals surface area (Å²) in [6.45, 7) is 0.486. The number of carbonyl (C=O) groups is 1. The van der Waals surface area contributed by atoms with Gasteiger partial charge in [-0.3, -0.25) is 4.79 Å². The number of carbonyl (C=O) groups excluding carboxylic acids is 1. The Morgan fingerprint density at radius 3 is 2.64 bits per heavy atom. The van der Waals surface area contributed by atoms with E-state index < -0.39 is 15.7 Å². The second-order valence-corrected chi connectivity index (χ2v) is 10.7. The molecule has 12 heteroatoms. The minimum Gasteiger partial charge on any atom is -0.497 e. The Labute approximate surface area is 195 Å². The summed E-state index contributed by atoms with van der Waals surface area (Å²) >= 11 is 1.40. The van der Waals surface area contributed by atoms with Crippen molar-refractivity contribution in [3.05, 3.63) is 58.1 Å². The minimum atomic E-state index is -3.26. The van der Waals surface area contributed by atoms with Crippen LogP contribution in [0.25, 0.3) is 5.00 Å². The zero-order chi connectivity index (χ0) is 23.6. The first-order chi connectivity index (χ1) is 15.8. The highest BCUT2D eigenvalue weighted by Gasteiger charge is 2.30. The van der Waals surface area contributed by atoms with Crippen molar-refractivity contribution in [2.75, 3.05) is 31.8 Å². The Hall–Kier alpha value is -2.96. The van der Waals surface area contributed by atoms with Gasteiger partial charge >= 0.3 is 5.69 Å². The molecule has 10 nitrogen and oxygen atoms in total. The van der Waals surface area contributed by atoms with Gasteiger partial charge in [-0.25, -0.2) is 26.8 Å². The summed E-state index contributed by atoms with van der Waals surface area (Å²) in [5, 5.41) is 9.85. The molecule has 3 aromatic rings. The highest BCUT2D eigenvalue weighted by Crippen LogP contribution is 2.29. The number of nitrogens with one attached hydrogen (secondary N) is 1. The fraction of sp³-hybridized carbons (Fsp3) is 0.381. The molecular weight excluding hydrogens is 466 g/mol. The number of rotatable bonds is 7. The standard InChI is InChI=1S/C21H25N5O5S2/c1-31-17-6-3-5-16(13-17)22-18(27)14-25-21(28)26(19-7-4-12-32-19)20(23-25)15-8-10-24(11-9-15)33(2,29)30/h3-7,12-13,15H,8-11,14H2,1-2H3,(H,22,27). The van der Waals surface area contributed by atoms with Crippen LogP contribution < -0.4 is 15.7 Å². The number of hydrogen-bond donors (Lipinski definition) is 1. The van der Waals surface area contributed by atoms with E-state index in [2.05, 4.69) is 10.4 Å². The van der Waals surface area contributed by atoms with Crippen LogP contribution in [0.15, 0.2) is 46.6 Å². The number of benzene rings is 1. The van der Waals surface area contributed by atoms with Crippen LogP contribution in [0.1, 0.15) is 24.6 Å². The van der Waals surface area contributed by atoms with Crippen LogP contribution in [0.3, 0.4) is 0 Å². The Bertz CT molecular complexity index is 1290. The smallest absolute Gasteiger partial charge is 0.351 e. The van der Waals surface area contributed by atoms with Crippen molar-refractivity contribution >= 4 is 33.0 Å². The van der Waals surface area contributed by atoms with E-state index in [0.717, 1.165) is 4.68 Å². The zero-order valence-corrected chi connectivity index (χ0v) is 19.9. The first kappa shape index (κ1) is 23.2. The van der Waals surface area contributed by atoms with Crippen LogP contribution in [0.4, 0.5) is 5.69 Å². The molecular formula is C21H25N5O5S2. The number of methoxy groups -OCH3 is 1. The molecule has 1 amide bonds. The molecule has 176 valence electrons. The van der Waals surface area contributed by atoms with Crippen molar-refractivity contribution in [2.45, 2.75) is 25.3 Å². The largest absolute Gasteiger partial charge is 0.497 e. The lowest BCUT2D eigenvalue weighted by molar-refractivity contribution is -0.117. The Balaban J connectivity index is 1.58. The molecule has 2 aromatic heterocycles. The van der Waals surface area contributed by atoms with Crippen LogP contribution in [-0.4, -0.2) is 59.4 Å². The molecule has 33 heavy (non-hydrogen) atoms. The summed E-state index contributed by atoms with van der Waals surface area (Å²) in [6, 6.07) is 10.6. The third kappa shape index (κ3) is 5.18. The maximum Gasteiger partial charge on any atom is 0.351 e. The number of aromatic nitrogens is 3. The summed E-state index contributed by atoms with van der Waals surface area (Å²) in [5.74, 6) is 0.666. The number of ether oxygens (including phenoxy) is 1. The van der Waals surface area contributed by atoms with Crippen molar-refractivity contribution in [3.8, 4) is 10.8 Å². The monoisotopic (exact) mass is 491 g/mol. The van der Waals surface area contributed by atoms with Gasteiger partial charge in [0.1, 0.15) is 23.1 Å². The summed E-state index contributed by atoms with van der Waals surface area (Å²) in [5.41, 5.74) is 0.150. The molecule has 0 aliphatic carbocycles. The molecule has 1 aliphatic heterocycles. The summed E-state index contributed by atoms with van der Waals surface area (Å²) in [7, 11) is -1.72. The second kappa shape index (κ2) is 9.49. The Morgan fingerprint density at radius 2 is 2.00 bits per heavy atom. The van der Waals surface area contributed by atoms with Crippen molar-refractivity contribution in [3.63, 3.8) is 0 Å². The van der Waals surface area contributed by atoms with Gasteiger partial charge in [-0.2, -0.15) is 5.10 Å². The normalized spacial score (nSPS) is 15.5. The molecule has 1 N–H and O–H groups in total. The number of thiophene rings is 1. The molecule has 0 bridgehead atoms. The quantitative estimate of drug-likeness (QED) is 0.540. The number of amides is 1. The zero-order valence-electron chi connectivity index (χ0n) is 18.3. The van der Waals surface area contributed by atoms with Crippen LogP contribution in [-0.2, 0) is 21.4 Å². The van der Waals surface area contributed by atoms with Gasteiger partial charge in [0.15, 0.2) is 0 Å². The van der Waals surface area contributed by atoms with Gasteiger partial charge < -0.3 is 10.1 Å². The van der Waals surface area contributed by atoms with Gasteiger partial charge in [0, 0.05) is 30.8 Å². The van der Waals surface area contributed by atoms with E-state index in [-0.39, 0.29) is 18.4 Å². The van der Waals surface area contributed by atoms with Gasteiger partial charge in [0.25, 0.3) is 0 Å². The molecule has 0 radical (unpaired) electrons. The lowest BCUT2D eigenvalue weighted by atomic mass is 9.97. The molecule has 0 saturated carbocycles. The Morgan fingerprint density at radius 1 is 1.24 bits per heavy atom. The SMILES string of the molecule is COc1cccc(NC(=O)Cn2nc(C3CCN(S(C)(=O)=O)CC3)n(-c3cccs3)c2=O)c1. The highest BCUT2D eigenvalue weighted by atomic mass is 32.2. The predicted octanol–water partition coefficient (Wildman–Crippen LogP) is 1.88. The Kier molecular flexibility index (Phi) is 6.68. The third-order valence-electron chi connectivity index (χ3n) is 5.53. The second-order valence-electron chi connectivity index (χ2n) is 7.80. The van der Waals surface area contributed by atoms with E-state index in [1.165, 1.54) is 26.5 Å².